The van der Waals surface area contributed by atoms with E-state index in [1.54, 1.807) is 0 Å². The molecule has 10 nitrogen and oxygen atoms in total. The average Bonchev–Trinajstić information content (AvgIpc) is 3.24. The highest BCUT2D eigenvalue weighted by Gasteiger charge is 2.44. The van der Waals surface area contributed by atoms with Crippen molar-refractivity contribution in [1.29, 1.82) is 0 Å². The van der Waals surface area contributed by atoms with Crippen molar-refractivity contribution in [1.82, 2.24) is 19.5 Å². The summed E-state index contributed by atoms with van der Waals surface area (Å²) < 4.78 is 20.3. The van der Waals surface area contributed by atoms with Crippen LogP contribution in [0.2, 0.25) is 0 Å². The Kier molecular flexibility index (Phi) is 4.81. The van der Waals surface area contributed by atoms with Gasteiger partial charge in [-0.05, 0) is 18.2 Å². The smallest absolute Gasteiger partial charge is 0.167 e. The van der Waals surface area contributed by atoms with Crippen molar-refractivity contribution >= 4 is 17.0 Å². The number of aromatic hydroxyl groups is 1. The Morgan fingerprint density at radius 2 is 2.00 bits per heavy atom. The van der Waals surface area contributed by atoms with Crippen LogP contribution in [0.1, 0.15) is 11.8 Å². The van der Waals surface area contributed by atoms with Crippen LogP contribution in [0.5, 0.6) is 5.75 Å². The molecule has 1 aliphatic rings. The normalized spacial score (nSPS) is 24.7. The first kappa shape index (κ1) is 18.5. The summed E-state index contributed by atoms with van der Waals surface area (Å²) in [6.07, 6.45) is -1.77. The quantitative estimate of drug-likeness (QED) is 0.402. The summed E-state index contributed by atoms with van der Waals surface area (Å²) in [6.45, 7) is -0.351. The molecule has 1 aromatic carbocycles. The van der Waals surface area contributed by atoms with Gasteiger partial charge in [0.15, 0.2) is 23.2 Å². The number of phenolic OH excluding ortho intramolecular Hbond substituents is 1. The highest BCUT2D eigenvalue weighted by atomic mass is 19.1. The molecule has 148 valence electrons. The first-order chi connectivity index (χ1) is 13.5. The molecule has 0 bridgehead atoms. The molecule has 1 saturated heterocycles. The third-order valence-electron chi connectivity index (χ3n) is 4.64. The van der Waals surface area contributed by atoms with E-state index in [0.717, 1.165) is 6.07 Å². The van der Waals surface area contributed by atoms with E-state index < -0.39 is 37.0 Å². The summed E-state index contributed by atoms with van der Waals surface area (Å²) in [5.74, 6) is -0.202. The fourth-order valence-corrected chi connectivity index (χ4v) is 3.15. The van der Waals surface area contributed by atoms with E-state index in [4.69, 9.17) is 4.74 Å². The number of hydrogen-bond acceptors (Lipinski definition) is 9. The standard InChI is InChI=1S/C17H18FN5O5/c18-9-1-2-10(25)8(3-9)4-19-15-12-16(21-6-20-15)23(7-22-12)17-14(27)13(26)11(5-24)28-17/h1-3,6-7,11,13-14,17,24-27H,4-5H2,(H,19,20,21)/t11-,13-,14-,17?/m1/s1. The molecule has 0 spiro atoms. The molecule has 28 heavy (non-hydrogen) atoms. The van der Waals surface area contributed by atoms with E-state index in [9.17, 15) is 24.8 Å². The zero-order chi connectivity index (χ0) is 19.8. The van der Waals surface area contributed by atoms with Crippen molar-refractivity contribution in [3.8, 4) is 5.75 Å². The van der Waals surface area contributed by atoms with Gasteiger partial charge in [-0.3, -0.25) is 4.57 Å². The number of aromatic nitrogens is 4. The zero-order valence-electron chi connectivity index (χ0n) is 14.5. The molecule has 4 atom stereocenters. The van der Waals surface area contributed by atoms with Gasteiger partial charge in [-0.25, -0.2) is 19.3 Å². The Labute approximate surface area is 157 Å². The topological polar surface area (TPSA) is 146 Å². The van der Waals surface area contributed by atoms with Crippen LogP contribution in [0.15, 0.2) is 30.9 Å². The lowest BCUT2D eigenvalue weighted by molar-refractivity contribution is -0.0511. The average molecular weight is 391 g/mol. The molecule has 1 unspecified atom stereocenters. The molecule has 0 radical (unpaired) electrons. The summed E-state index contributed by atoms with van der Waals surface area (Å²) >= 11 is 0. The van der Waals surface area contributed by atoms with Crippen molar-refractivity contribution in [2.45, 2.75) is 31.1 Å². The van der Waals surface area contributed by atoms with E-state index in [0.29, 0.717) is 22.5 Å². The molecule has 4 rings (SSSR count). The predicted octanol–water partition coefficient (Wildman–Crippen LogP) is -0.105. The van der Waals surface area contributed by atoms with Gasteiger partial charge in [0.2, 0.25) is 0 Å². The van der Waals surface area contributed by atoms with E-state index in [2.05, 4.69) is 20.3 Å². The fourth-order valence-electron chi connectivity index (χ4n) is 3.15. The zero-order valence-corrected chi connectivity index (χ0v) is 14.5. The number of halogens is 1. The van der Waals surface area contributed by atoms with Gasteiger partial charge in [-0.1, -0.05) is 0 Å². The maximum absolute atomic E-state index is 13.4. The van der Waals surface area contributed by atoms with Crippen LogP contribution >= 0.6 is 0 Å². The minimum atomic E-state index is -1.27. The van der Waals surface area contributed by atoms with Crippen LogP contribution in [0.25, 0.3) is 11.2 Å². The third kappa shape index (κ3) is 3.14. The lowest BCUT2D eigenvalue weighted by atomic mass is 10.1. The molecule has 0 saturated carbocycles. The maximum Gasteiger partial charge on any atom is 0.167 e. The highest BCUT2D eigenvalue weighted by molar-refractivity contribution is 5.82. The molecule has 3 heterocycles. The number of anilines is 1. The minimum absolute atomic E-state index is 0.0590. The second-order valence-corrected chi connectivity index (χ2v) is 6.40. The Morgan fingerprint density at radius 1 is 1.18 bits per heavy atom. The number of benzene rings is 1. The van der Waals surface area contributed by atoms with E-state index in [-0.39, 0.29) is 12.3 Å². The summed E-state index contributed by atoms with van der Waals surface area (Å²) in [6, 6.07) is 3.63. The van der Waals surface area contributed by atoms with Gasteiger partial charge in [-0.15, -0.1) is 0 Å². The molecule has 1 aliphatic heterocycles. The molecular weight excluding hydrogens is 373 g/mol. The number of fused-ring (bicyclic) bond motifs is 1. The molecule has 0 aliphatic carbocycles. The SMILES string of the molecule is OC[C@H]1OC(n2cnc3c(NCc4cc(F)ccc4O)ncnc32)[C@H](O)[C@@H]1O. The molecular formula is C17H18FN5O5. The Morgan fingerprint density at radius 3 is 2.75 bits per heavy atom. The van der Waals surface area contributed by atoms with Crippen molar-refractivity contribution in [2.75, 3.05) is 11.9 Å². The number of rotatable bonds is 5. The van der Waals surface area contributed by atoms with Crippen molar-refractivity contribution in [2.24, 2.45) is 0 Å². The number of ether oxygens (including phenoxy) is 1. The van der Waals surface area contributed by atoms with Crippen LogP contribution in [0, 0.1) is 5.82 Å². The molecule has 11 heteroatoms. The van der Waals surface area contributed by atoms with Gasteiger partial charge in [0.25, 0.3) is 0 Å². The van der Waals surface area contributed by atoms with Crippen LogP contribution in [-0.2, 0) is 11.3 Å². The maximum atomic E-state index is 13.4. The van der Waals surface area contributed by atoms with Crippen LogP contribution in [0.4, 0.5) is 10.2 Å². The van der Waals surface area contributed by atoms with Crippen molar-refractivity contribution in [3.05, 3.63) is 42.2 Å². The molecule has 1 fully saturated rings. The first-order valence-corrected chi connectivity index (χ1v) is 8.51. The van der Waals surface area contributed by atoms with Crippen LogP contribution < -0.4 is 5.32 Å². The Balaban J connectivity index is 1.61. The number of hydrogen-bond donors (Lipinski definition) is 5. The second kappa shape index (κ2) is 7.28. The first-order valence-electron chi connectivity index (χ1n) is 8.51. The number of nitrogens with one attached hydrogen (secondary N) is 1. The summed E-state index contributed by atoms with van der Waals surface area (Å²) in [4.78, 5) is 12.5. The predicted molar refractivity (Wildman–Crippen MR) is 93.7 cm³/mol. The summed E-state index contributed by atoms with van der Waals surface area (Å²) in [7, 11) is 0. The fraction of sp³-hybridized carbons (Fsp3) is 0.353. The van der Waals surface area contributed by atoms with Gasteiger partial charge >= 0.3 is 0 Å². The van der Waals surface area contributed by atoms with Gasteiger partial charge in [0, 0.05) is 12.1 Å². The third-order valence-corrected chi connectivity index (χ3v) is 4.64. The number of aliphatic hydroxyl groups is 3. The number of nitrogens with zero attached hydrogens (tertiary/aromatic N) is 4. The molecule has 0 amide bonds. The lowest BCUT2D eigenvalue weighted by Gasteiger charge is -2.16. The van der Waals surface area contributed by atoms with E-state index >= 15 is 0 Å². The molecule has 3 aromatic rings. The largest absolute Gasteiger partial charge is 0.508 e. The van der Waals surface area contributed by atoms with Gasteiger partial charge < -0.3 is 30.5 Å². The Hall–Kier alpha value is -2.86. The summed E-state index contributed by atoms with van der Waals surface area (Å²) in [5, 5.41) is 42.2. The Bertz CT molecular complexity index is 999. The number of phenols is 1. The van der Waals surface area contributed by atoms with Gasteiger partial charge in [-0.2, -0.15) is 0 Å². The summed E-state index contributed by atoms with van der Waals surface area (Å²) in [5.41, 5.74) is 1.03. The van der Waals surface area contributed by atoms with E-state index in [1.165, 1.54) is 29.4 Å². The lowest BCUT2D eigenvalue weighted by Crippen LogP contribution is -2.33. The highest BCUT2D eigenvalue weighted by Crippen LogP contribution is 2.32. The number of imidazole rings is 1. The number of aliphatic hydroxyl groups excluding tert-OH is 3. The second-order valence-electron chi connectivity index (χ2n) is 6.40. The monoisotopic (exact) mass is 391 g/mol. The van der Waals surface area contributed by atoms with Gasteiger partial charge in [0.05, 0.1) is 12.9 Å². The van der Waals surface area contributed by atoms with Crippen LogP contribution in [-0.4, -0.2) is 64.9 Å². The minimum Gasteiger partial charge on any atom is -0.508 e. The van der Waals surface area contributed by atoms with Gasteiger partial charge in [0.1, 0.15) is 36.2 Å². The van der Waals surface area contributed by atoms with Crippen LogP contribution in [0.3, 0.4) is 0 Å². The van der Waals surface area contributed by atoms with Crippen molar-refractivity contribution < 1.29 is 29.6 Å². The molecule has 5 N–H and O–H groups in total. The van der Waals surface area contributed by atoms with Crippen molar-refractivity contribution in [3.63, 3.8) is 0 Å². The molecule has 2 aromatic heterocycles. The van der Waals surface area contributed by atoms with E-state index in [1.807, 2.05) is 0 Å².